The highest BCUT2D eigenvalue weighted by Crippen LogP contribution is 2.27. The van der Waals surface area contributed by atoms with Gasteiger partial charge in [-0.15, -0.1) is 0 Å². The standard InChI is InChI=1S/C9H11IN2O3/c10-5-6-1-2-8(15-6)12-4-3-7(13)11-9(12)14/h3-4,6,8H,1-2,5H2,(H,11,13,14)/t6-,8+/m0/s1. The number of H-pyrrole nitrogens is 1. The summed E-state index contributed by atoms with van der Waals surface area (Å²) in [6, 6.07) is 1.34. The van der Waals surface area contributed by atoms with Crippen molar-refractivity contribution in [2.45, 2.75) is 25.2 Å². The molecule has 1 saturated heterocycles. The van der Waals surface area contributed by atoms with Crippen molar-refractivity contribution in [2.24, 2.45) is 0 Å². The summed E-state index contributed by atoms with van der Waals surface area (Å²) in [7, 11) is 0. The van der Waals surface area contributed by atoms with Crippen LogP contribution in [0, 0.1) is 0 Å². The highest BCUT2D eigenvalue weighted by Gasteiger charge is 2.26. The number of hydrogen-bond acceptors (Lipinski definition) is 3. The van der Waals surface area contributed by atoms with Crippen LogP contribution in [0.15, 0.2) is 21.9 Å². The highest BCUT2D eigenvalue weighted by atomic mass is 127. The molecule has 1 aromatic rings. The van der Waals surface area contributed by atoms with Crippen molar-refractivity contribution in [1.82, 2.24) is 9.55 Å². The molecule has 1 aromatic heterocycles. The van der Waals surface area contributed by atoms with Crippen LogP contribution >= 0.6 is 22.6 Å². The number of rotatable bonds is 2. The average molecular weight is 322 g/mol. The molecule has 82 valence electrons. The number of halogens is 1. The lowest BCUT2D eigenvalue weighted by Crippen LogP contribution is -2.31. The zero-order valence-corrected chi connectivity index (χ0v) is 10.1. The number of ether oxygens (including phenoxy) is 1. The van der Waals surface area contributed by atoms with Gasteiger partial charge in [0.1, 0.15) is 6.23 Å². The van der Waals surface area contributed by atoms with E-state index in [0.29, 0.717) is 0 Å². The van der Waals surface area contributed by atoms with Gasteiger partial charge >= 0.3 is 5.69 Å². The van der Waals surface area contributed by atoms with Gasteiger partial charge in [0.2, 0.25) is 0 Å². The van der Waals surface area contributed by atoms with E-state index in [1.807, 2.05) is 0 Å². The summed E-state index contributed by atoms with van der Waals surface area (Å²) in [4.78, 5) is 24.5. The number of aromatic nitrogens is 2. The molecule has 2 atom stereocenters. The van der Waals surface area contributed by atoms with Crippen molar-refractivity contribution in [3.63, 3.8) is 0 Å². The molecule has 6 heteroatoms. The van der Waals surface area contributed by atoms with Crippen LogP contribution < -0.4 is 11.2 Å². The van der Waals surface area contributed by atoms with Gasteiger partial charge in [0.05, 0.1) is 6.10 Å². The predicted molar refractivity (Wildman–Crippen MR) is 63.4 cm³/mol. The second kappa shape index (κ2) is 4.48. The van der Waals surface area contributed by atoms with E-state index in [4.69, 9.17) is 4.74 Å². The molecule has 1 aliphatic heterocycles. The van der Waals surface area contributed by atoms with Crippen molar-refractivity contribution >= 4 is 22.6 Å². The third-order valence-electron chi connectivity index (χ3n) is 2.42. The number of alkyl halides is 1. The summed E-state index contributed by atoms with van der Waals surface area (Å²) in [6.45, 7) is 0. The fraction of sp³-hybridized carbons (Fsp3) is 0.556. The lowest BCUT2D eigenvalue weighted by molar-refractivity contribution is 0.0113. The van der Waals surface area contributed by atoms with E-state index in [-0.39, 0.29) is 17.9 Å². The Morgan fingerprint density at radius 2 is 2.33 bits per heavy atom. The fourth-order valence-electron chi connectivity index (χ4n) is 1.66. The van der Waals surface area contributed by atoms with Gasteiger partial charge in [0.25, 0.3) is 5.56 Å². The third kappa shape index (κ3) is 2.31. The van der Waals surface area contributed by atoms with E-state index in [2.05, 4.69) is 27.6 Å². The topological polar surface area (TPSA) is 64.1 Å². The smallest absolute Gasteiger partial charge is 0.330 e. The van der Waals surface area contributed by atoms with Gasteiger partial charge < -0.3 is 4.74 Å². The first-order valence-corrected chi connectivity index (χ1v) is 6.26. The lowest BCUT2D eigenvalue weighted by Gasteiger charge is -2.13. The molecule has 15 heavy (non-hydrogen) atoms. The van der Waals surface area contributed by atoms with Gasteiger partial charge in [-0.2, -0.15) is 0 Å². The monoisotopic (exact) mass is 322 g/mol. The first-order valence-electron chi connectivity index (χ1n) is 4.73. The largest absolute Gasteiger partial charge is 0.354 e. The number of hydrogen-bond donors (Lipinski definition) is 1. The van der Waals surface area contributed by atoms with Gasteiger partial charge in [-0.25, -0.2) is 4.79 Å². The maximum atomic E-state index is 11.4. The Bertz CT molecular complexity index is 453. The first kappa shape index (κ1) is 10.9. The van der Waals surface area contributed by atoms with Crippen molar-refractivity contribution in [2.75, 3.05) is 4.43 Å². The molecule has 0 unspecified atom stereocenters. The Labute approximate surface area is 99.6 Å². The normalized spacial score (nSPS) is 25.7. The third-order valence-corrected chi connectivity index (χ3v) is 3.40. The summed E-state index contributed by atoms with van der Waals surface area (Å²) in [5, 5.41) is 0. The van der Waals surface area contributed by atoms with Gasteiger partial charge in [-0.3, -0.25) is 14.3 Å². The van der Waals surface area contributed by atoms with Crippen LogP contribution in [0.3, 0.4) is 0 Å². The lowest BCUT2D eigenvalue weighted by atomic mass is 10.2. The van der Waals surface area contributed by atoms with E-state index in [1.54, 1.807) is 0 Å². The molecule has 0 radical (unpaired) electrons. The van der Waals surface area contributed by atoms with Crippen molar-refractivity contribution < 1.29 is 4.74 Å². The van der Waals surface area contributed by atoms with Gasteiger partial charge in [-0.1, -0.05) is 22.6 Å². The molecule has 0 bridgehead atoms. The number of nitrogens with zero attached hydrogens (tertiary/aromatic N) is 1. The van der Waals surface area contributed by atoms with E-state index in [0.717, 1.165) is 17.3 Å². The van der Waals surface area contributed by atoms with Crippen LogP contribution in [0.25, 0.3) is 0 Å². The molecule has 1 fully saturated rings. The van der Waals surface area contributed by atoms with Crippen molar-refractivity contribution in [3.8, 4) is 0 Å². The molecule has 2 heterocycles. The summed E-state index contributed by atoms with van der Waals surface area (Å²) < 4.78 is 8.01. The van der Waals surface area contributed by atoms with Crippen LogP contribution in [0.5, 0.6) is 0 Å². The van der Waals surface area contributed by atoms with Crippen LogP contribution in [0.2, 0.25) is 0 Å². The quantitative estimate of drug-likeness (QED) is 0.642. The summed E-state index contributed by atoms with van der Waals surface area (Å²) in [6.07, 6.45) is 3.25. The van der Waals surface area contributed by atoms with E-state index in [1.165, 1.54) is 16.8 Å². The maximum Gasteiger partial charge on any atom is 0.330 e. The van der Waals surface area contributed by atoms with Crippen molar-refractivity contribution in [3.05, 3.63) is 33.1 Å². The van der Waals surface area contributed by atoms with Gasteiger partial charge in [-0.05, 0) is 12.8 Å². The van der Waals surface area contributed by atoms with Crippen molar-refractivity contribution in [1.29, 1.82) is 0 Å². The van der Waals surface area contributed by atoms with E-state index < -0.39 is 5.69 Å². The summed E-state index contributed by atoms with van der Waals surface area (Å²) in [5.74, 6) is 0. The van der Waals surface area contributed by atoms with E-state index in [9.17, 15) is 9.59 Å². The van der Waals surface area contributed by atoms with Crippen LogP contribution in [0.4, 0.5) is 0 Å². The Kier molecular flexibility index (Phi) is 3.25. The highest BCUT2D eigenvalue weighted by molar-refractivity contribution is 14.1. The molecule has 2 rings (SSSR count). The Morgan fingerprint density at radius 3 is 2.93 bits per heavy atom. The SMILES string of the molecule is O=c1ccn([C@H]2CC[C@@H](CI)O2)c(=O)[nH]1. The zero-order chi connectivity index (χ0) is 10.8. The summed E-state index contributed by atoms with van der Waals surface area (Å²) in [5.41, 5.74) is -0.777. The van der Waals surface area contributed by atoms with Crippen LogP contribution in [0.1, 0.15) is 19.1 Å². The minimum absolute atomic E-state index is 0.217. The minimum Gasteiger partial charge on any atom is -0.354 e. The van der Waals surface area contributed by atoms with Crippen LogP contribution in [-0.4, -0.2) is 20.1 Å². The molecule has 0 spiro atoms. The number of aromatic amines is 1. The second-order valence-electron chi connectivity index (χ2n) is 3.46. The molecule has 1 N–H and O–H groups in total. The molecule has 0 saturated carbocycles. The molecule has 0 aromatic carbocycles. The Hall–Kier alpha value is -0.630. The minimum atomic E-state index is -0.401. The van der Waals surface area contributed by atoms with Gasteiger partial charge in [0, 0.05) is 16.7 Å². The first-order chi connectivity index (χ1) is 7.20. The molecule has 1 aliphatic rings. The molecular formula is C9H11IN2O3. The molecule has 0 aliphatic carbocycles. The average Bonchev–Trinajstić information content (AvgIpc) is 2.66. The second-order valence-corrected chi connectivity index (χ2v) is 4.34. The van der Waals surface area contributed by atoms with E-state index >= 15 is 0 Å². The molecular weight excluding hydrogens is 311 g/mol. The molecule has 0 amide bonds. The van der Waals surface area contributed by atoms with Gasteiger partial charge in [0.15, 0.2) is 0 Å². The Balaban J connectivity index is 2.24. The number of nitrogens with one attached hydrogen (secondary N) is 1. The van der Waals surface area contributed by atoms with Crippen LogP contribution in [-0.2, 0) is 4.74 Å². The maximum absolute atomic E-state index is 11.4. The Morgan fingerprint density at radius 1 is 1.53 bits per heavy atom. The zero-order valence-electron chi connectivity index (χ0n) is 7.98. The molecule has 5 nitrogen and oxygen atoms in total. The predicted octanol–water partition coefficient (Wildman–Crippen LogP) is 0.649. The summed E-state index contributed by atoms with van der Waals surface area (Å²) >= 11 is 2.26. The fourth-order valence-corrected chi connectivity index (χ4v) is 2.31.